The van der Waals surface area contributed by atoms with Gasteiger partial charge in [0.15, 0.2) is 0 Å². The number of nitrogens with two attached hydrogens (primary N) is 1. The summed E-state index contributed by atoms with van der Waals surface area (Å²) in [4.78, 5) is 13.9. The summed E-state index contributed by atoms with van der Waals surface area (Å²) in [5, 5.41) is 9.13. The standard InChI is InChI=1S/C14H20N2O3/c15-12-5-1-2-6-13(12)16(7-8-17)14(18)10-11-4-3-9-19-11/h1-2,5-6,11,17H,3-4,7-10,15H2. The number of rotatable bonds is 5. The van der Waals surface area contributed by atoms with Crippen molar-refractivity contribution in [2.45, 2.75) is 25.4 Å². The van der Waals surface area contributed by atoms with Gasteiger partial charge in [0, 0.05) is 13.2 Å². The second-order valence-corrected chi connectivity index (χ2v) is 4.67. The van der Waals surface area contributed by atoms with E-state index in [1.807, 2.05) is 12.1 Å². The van der Waals surface area contributed by atoms with E-state index in [1.165, 1.54) is 4.90 Å². The average molecular weight is 264 g/mol. The molecule has 0 saturated carbocycles. The molecule has 1 aliphatic rings. The van der Waals surface area contributed by atoms with Crippen LogP contribution in [0.2, 0.25) is 0 Å². The first-order valence-corrected chi connectivity index (χ1v) is 6.59. The number of benzene rings is 1. The number of nitrogens with zero attached hydrogens (tertiary/aromatic N) is 1. The van der Waals surface area contributed by atoms with Crippen molar-refractivity contribution in [1.82, 2.24) is 0 Å². The molecule has 1 amide bonds. The van der Waals surface area contributed by atoms with E-state index in [-0.39, 0.29) is 25.2 Å². The number of amides is 1. The maximum atomic E-state index is 12.3. The highest BCUT2D eigenvalue weighted by molar-refractivity contribution is 5.96. The second-order valence-electron chi connectivity index (χ2n) is 4.67. The van der Waals surface area contributed by atoms with Crippen molar-refractivity contribution in [2.75, 3.05) is 30.4 Å². The first-order valence-electron chi connectivity index (χ1n) is 6.59. The molecule has 0 bridgehead atoms. The molecule has 1 fully saturated rings. The average Bonchev–Trinajstić information content (AvgIpc) is 2.90. The lowest BCUT2D eigenvalue weighted by Crippen LogP contribution is -2.36. The Labute approximate surface area is 113 Å². The predicted octanol–water partition coefficient (Wildman–Crippen LogP) is 1.16. The monoisotopic (exact) mass is 264 g/mol. The van der Waals surface area contributed by atoms with E-state index in [9.17, 15) is 4.79 Å². The summed E-state index contributed by atoms with van der Waals surface area (Å²) in [5.41, 5.74) is 7.08. The summed E-state index contributed by atoms with van der Waals surface area (Å²) in [6.07, 6.45) is 2.27. The Bertz CT molecular complexity index is 430. The maximum Gasteiger partial charge on any atom is 0.229 e. The van der Waals surface area contributed by atoms with Crippen LogP contribution in [0.1, 0.15) is 19.3 Å². The van der Waals surface area contributed by atoms with Crippen molar-refractivity contribution in [3.63, 3.8) is 0 Å². The van der Waals surface area contributed by atoms with Crippen LogP contribution in [0.25, 0.3) is 0 Å². The minimum atomic E-state index is -0.0917. The summed E-state index contributed by atoms with van der Waals surface area (Å²) in [6, 6.07) is 7.19. The molecule has 3 N–H and O–H groups in total. The fourth-order valence-corrected chi connectivity index (χ4v) is 2.32. The van der Waals surface area contributed by atoms with Crippen LogP contribution in [0, 0.1) is 0 Å². The molecule has 19 heavy (non-hydrogen) atoms. The molecule has 1 aliphatic heterocycles. The third-order valence-electron chi connectivity index (χ3n) is 3.28. The third kappa shape index (κ3) is 3.45. The van der Waals surface area contributed by atoms with Gasteiger partial charge in [-0.25, -0.2) is 0 Å². The molecule has 0 spiro atoms. The molecule has 1 aromatic rings. The van der Waals surface area contributed by atoms with Gasteiger partial charge in [-0.15, -0.1) is 0 Å². The lowest BCUT2D eigenvalue weighted by molar-refractivity contribution is -0.120. The minimum absolute atomic E-state index is 0.00127. The fourth-order valence-electron chi connectivity index (χ4n) is 2.32. The quantitative estimate of drug-likeness (QED) is 0.783. The van der Waals surface area contributed by atoms with Crippen molar-refractivity contribution < 1.29 is 14.6 Å². The number of ether oxygens (including phenoxy) is 1. The van der Waals surface area contributed by atoms with Gasteiger partial charge < -0.3 is 20.5 Å². The van der Waals surface area contributed by atoms with Crippen LogP contribution >= 0.6 is 0 Å². The van der Waals surface area contributed by atoms with E-state index in [4.69, 9.17) is 15.6 Å². The first-order chi connectivity index (χ1) is 9.22. The Hall–Kier alpha value is -1.59. The number of para-hydroxylation sites is 2. The summed E-state index contributed by atoms with van der Waals surface area (Å²) in [5.74, 6) is -0.0566. The van der Waals surface area contributed by atoms with Crippen LogP contribution in [0.3, 0.4) is 0 Å². The number of carbonyl (C=O) groups excluding carboxylic acids is 1. The van der Waals surface area contributed by atoms with Crippen LogP contribution in [0.15, 0.2) is 24.3 Å². The van der Waals surface area contributed by atoms with Gasteiger partial charge in [0.25, 0.3) is 0 Å². The molecule has 5 nitrogen and oxygen atoms in total. The van der Waals surface area contributed by atoms with Gasteiger partial charge in [-0.05, 0) is 25.0 Å². The summed E-state index contributed by atoms with van der Waals surface area (Å²) in [6.45, 7) is 0.886. The SMILES string of the molecule is Nc1ccccc1N(CCO)C(=O)CC1CCCO1. The molecule has 5 heteroatoms. The fraction of sp³-hybridized carbons (Fsp3) is 0.500. The Morgan fingerprint density at radius 2 is 2.26 bits per heavy atom. The number of carbonyl (C=O) groups is 1. The van der Waals surface area contributed by atoms with E-state index < -0.39 is 0 Å². The molecule has 0 radical (unpaired) electrons. The van der Waals surface area contributed by atoms with Gasteiger partial charge in [-0.1, -0.05) is 12.1 Å². The number of hydrogen-bond acceptors (Lipinski definition) is 4. The van der Waals surface area contributed by atoms with Crippen molar-refractivity contribution in [3.8, 4) is 0 Å². The number of anilines is 2. The maximum absolute atomic E-state index is 12.3. The molecular weight excluding hydrogens is 244 g/mol. The summed E-state index contributed by atoms with van der Waals surface area (Å²) in [7, 11) is 0. The van der Waals surface area contributed by atoms with Crippen LogP contribution in [-0.4, -0.2) is 36.9 Å². The van der Waals surface area contributed by atoms with Gasteiger partial charge in [0.1, 0.15) is 0 Å². The largest absolute Gasteiger partial charge is 0.397 e. The normalized spacial score (nSPS) is 18.5. The number of aliphatic hydroxyl groups is 1. The lowest BCUT2D eigenvalue weighted by Gasteiger charge is -2.24. The molecule has 0 aliphatic carbocycles. The summed E-state index contributed by atoms with van der Waals surface area (Å²) >= 11 is 0. The highest BCUT2D eigenvalue weighted by atomic mass is 16.5. The molecule has 1 saturated heterocycles. The van der Waals surface area contributed by atoms with E-state index in [2.05, 4.69) is 0 Å². The van der Waals surface area contributed by atoms with Gasteiger partial charge in [-0.3, -0.25) is 4.79 Å². The van der Waals surface area contributed by atoms with E-state index in [0.717, 1.165) is 19.4 Å². The third-order valence-corrected chi connectivity index (χ3v) is 3.28. The number of aliphatic hydroxyl groups excluding tert-OH is 1. The van der Waals surface area contributed by atoms with Gasteiger partial charge in [0.2, 0.25) is 5.91 Å². The van der Waals surface area contributed by atoms with Crippen molar-refractivity contribution >= 4 is 17.3 Å². The Morgan fingerprint density at radius 1 is 1.47 bits per heavy atom. The summed E-state index contributed by atoms with van der Waals surface area (Å²) < 4.78 is 5.48. The number of hydrogen-bond donors (Lipinski definition) is 2. The second kappa shape index (κ2) is 6.54. The van der Waals surface area contributed by atoms with E-state index in [0.29, 0.717) is 17.8 Å². The molecule has 2 rings (SSSR count). The Morgan fingerprint density at radius 3 is 2.89 bits per heavy atom. The molecule has 1 aromatic carbocycles. The van der Waals surface area contributed by atoms with Crippen LogP contribution in [-0.2, 0) is 9.53 Å². The van der Waals surface area contributed by atoms with Gasteiger partial charge >= 0.3 is 0 Å². The van der Waals surface area contributed by atoms with Crippen molar-refractivity contribution in [3.05, 3.63) is 24.3 Å². The van der Waals surface area contributed by atoms with Crippen molar-refractivity contribution in [1.29, 1.82) is 0 Å². The minimum Gasteiger partial charge on any atom is -0.397 e. The van der Waals surface area contributed by atoms with E-state index >= 15 is 0 Å². The lowest BCUT2D eigenvalue weighted by atomic mass is 10.1. The van der Waals surface area contributed by atoms with Gasteiger partial charge in [0.05, 0.1) is 30.5 Å². The zero-order valence-corrected chi connectivity index (χ0v) is 10.9. The van der Waals surface area contributed by atoms with Crippen molar-refractivity contribution in [2.24, 2.45) is 0 Å². The highest BCUT2D eigenvalue weighted by Gasteiger charge is 2.24. The molecule has 0 aromatic heterocycles. The van der Waals surface area contributed by atoms with E-state index in [1.54, 1.807) is 12.1 Å². The predicted molar refractivity (Wildman–Crippen MR) is 73.9 cm³/mol. The molecule has 1 heterocycles. The molecule has 104 valence electrons. The van der Waals surface area contributed by atoms with Crippen LogP contribution in [0.4, 0.5) is 11.4 Å². The molecule has 1 atom stereocenters. The molecular formula is C14H20N2O3. The topological polar surface area (TPSA) is 75.8 Å². The zero-order valence-electron chi connectivity index (χ0n) is 10.9. The van der Waals surface area contributed by atoms with Crippen LogP contribution < -0.4 is 10.6 Å². The Balaban J connectivity index is 2.10. The smallest absolute Gasteiger partial charge is 0.229 e. The Kier molecular flexibility index (Phi) is 4.76. The first kappa shape index (κ1) is 13.8. The highest BCUT2D eigenvalue weighted by Crippen LogP contribution is 2.24. The molecule has 1 unspecified atom stereocenters. The van der Waals surface area contributed by atoms with Crippen LogP contribution in [0.5, 0.6) is 0 Å². The zero-order chi connectivity index (χ0) is 13.7. The number of nitrogen functional groups attached to an aromatic ring is 1. The van der Waals surface area contributed by atoms with Gasteiger partial charge in [-0.2, -0.15) is 0 Å².